The average molecular weight is 429 g/mol. The van der Waals surface area contributed by atoms with Crippen molar-refractivity contribution in [2.24, 2.45) is 0 Å². The zero-order chi connectivity index (χ0) is 21.8. The lowest BCUT2D eigenvalue weighted by atomic mass is 9.93. The van der Waals surface area contributed by atoms with E-state index in [9.17, 15) is 13.6 Å². The van der Waals surface area contributed by atoms with E-state index in [1.807, 2.05) is 13.0 Å². The van der Waals surface area contributed by atoms with E-state index in [1.165, 1.54) is 22.7 Å². The van der Waals surface area contributed by atoms with Gasteiger partial charge in [-0.15, -0.1) is 0 Å². The molecule has 1 atom stereocenters. The quantitative estimate of drug-likeness (QED) is 0.441. The fourth-order valence-corrected chi connectivity index (χ4v) is 3.63. The van der Waals surface area contributed by atoms with Crippen LogP contribution in [0.4, 0.5) is 8.78 Å². The minimum Gasteiger partial charge on any atom is -0.465 e. The molecule has 0 bridgehead atoms. The van der Waals surface area contributed by atoms with Gasteiger partial charge in [0.25, 0.3) is 5.56 Å². The Bertz CT molecular complexity index is 1310. The highest BCUT2D eigenvalue weighted by atomic mass is 32.1. The van der Waals surface area contributed by atoms with E-state index in [0.717, 1.165) is 17.4 Å². The second kappa shape index (κ2) is 7.12. The molecule has 0 saturated carbocycles. The highest BCUT2D eigenvalue weighted by Gasteiger charge is 2.23. The maximum absolute atomic E-state index is 14.2. The van der Waals surface area contributed by atoms with Crippen molar-refractivity contribution in [3.05, 3.63) is 81.2 Å². The van der Waals surface area contributed by atoms with Crippen molar-refractivity contribution in [1.82, 2.24) is 14.6 Å². The van der Waals surface area contributed by atoms with E-state index in [4.69, 9.17) is 4.42 Å². The third-order valence-corrected chi connectivity index (χ3v) is 5.52. The summed E-state index contributed by atoms with van der Waals surface area (Å²) in [5.41, 5.74) is 1.55. The number of hydrogen-bond acceptors (Lipinski definition) is 4. The lowest BCUT2D eigenvalue weighted by molar-refractivity contribution is 0.396. The average Bonchev–Trinajstić information content (AvgIpc) is 3.26. The predicted octanol–water partition coefficient (Wildman–Crippen LogP) is 5.19. The van der Waals surface area contributed by atoms with Gasteiger partial charge in [0.05, 0.1) is 16.6 Å². The summed E-state index contributed by atoms with van der Waals surface area (Å²) in [7, 11) is 0. The molecule has 5 nitrogen and oxygen atoms in total. The molecule has 0 fully saturated rings. The number of benzene rings is 1. The van der Waals surface area contributed by atoms with Gasteiger partial charge < -0.3 is 4.42 Å². The van der Waals surface area contributed by atoms with Gasteiger partial charge in [-0.2, -0.15) is 12.6 Å². The summed E-state index contributed by atoms with van der Waals surface area (Å²) < 4.78 is 34.9. The molecule has 1 unspecified atom stereocenters. The van der Waals surface area contributed by atoms with Crippen molar-refractivity contribution < 1.29 is 13.2 Å². The van der Waals surface area contributed by atoms with Crippen molar-refractivity contribution in [3.63, 3.8) is 0 Å². The second-order valence-corrected chi connectivity index (χ2v) is 8.78. The van der Waals surface area contributed by atoms with Crippen molar-refractivity contribution in [2.75, 3.05) is 0 Å². The third-order valence-electron chi connectivity index (χ3n) is 4.97. The molecule has 4 rings (SSSR count). The highest BCUT2D eigenvalue weighted by Crippen LogP contribution is 2.33. The fraction of sp³-hybridized carbons (Fsp3) is 0.273. The van der Waals surface area contributed by atoms with Crippen LogP contribution in [-0.4, -0.2) is 14.6 Å². The SMILES string of the molecule is Cc1oc(C(C)(C)C)cc1-c1cc2nc(C(S)c3cccc(F)c3F)cc(=O)n2[nH]1. The highest BCUT2D eigenvalue weighted by molar-refractivity contribution is 7.80. The first-order chi connectivity index (χ1) is 14.1. The molecule has 0 saturated heterocycles. The van der Waals surface area contributed by atoms with E-state index in [2.05, 4.69) is 43.5 Å². The summed E-state index contributed by atoms with van der Waals surface area (Å²) in [6.07, 6.45) is 0. The molecule has 8 heteroatoms. The number of fused-ring (bicyclic) bond motifs is 1. The van der Waals surface area contributed by atoms with Crippen LogP contribution in [0, 0.1) is 18.6 Å². The Hall–Kier alpha value is -2.87. The number of furan rings is 1. The Morgan fingerprint density at radius 1 is 1.20 bits per heavy atom. The Morgan fingerprint density at radius 3 is 2.60 bits per heavy atom. The molecule has 0 aliphatic rings. The van der Waals surface area contributed by atoms with Gasteiger partial charge in [-0.1, -0.05) is 32.9 Å². The molecule has 0 aliphatic heterocycles. The van der Waals surface area contributed by atoms with Crippen LogP contribution in [0.1, 0.15) is 48.8 Å². The number of hydrogen-bond donors (Lipinski definition) is 2. The van der Waals surface area contributed by atoms with E-state index >= 15 is 0 Å². The molecular weight excluding hydrogens is 408 g/mol. The molecule has 0 radical (unpaired) electrons. The zero-order valence-electron chi connectivity index (χ0n) is 17.0. The van der Waals surface area contributed by atoms with Gasteiger partial charge >= 0.3 is 0 Å². The van der Waals surface area contributed by atoms with Gasteiger partial charge in [-0.05, 0) is 19.1 Å². The minimum absolute atomic E-state index is 0.0193. The standard InChI is InChI=1S/C22H21F2N3O2S/c1-11-13(8-17(29-11)22(2,3)4)15-9-18-25-16(10-19(28)27(18)26-15)21(30)12-6-5-7-14(23)20(12)24/h5-10,21,26,30H,1-4H3. The molecule has 1 aromatic carbocycles. The largest absolute Gasteiger partial charge is 0.465 e. The Labute approximate surface area is 177 Å². The molecule has 30 heavy (non-hydrogen) atoms. The normalized spacial score (nSPS) is 13.2. The van der Waals surface area contributed by atoms with Crippen LogP contribution < -0.4 is 5.56 Å². The molecule has 0 spiro atoms. The number of aromatic amines is 1. The first kappa shape index (κ1) is 20.4. The van der Waals surface area contributed by atoms with Gasteiger partial charge in [-0.3, -0.25) is 9.89 Å². The van der Waals surface area contributed by atoms with Gasteiger partial charge in [-0.25, -0.2) is 18.3 Å². The minimum atomic E-state index is -1.00. The summed E-state index contributed by atoms with van der Waals surface area (Å²) in [5, 5.41) is 2.15. The lowest BCUT2D eigenvalue weighted by Crippen LogP contribution is -2.16. The molecule has 0 amide bonds. The smallest absolute Gasteiger partial charge is 0.272 e. The van der Waals surface area contributed by atoms with Crippen LogP contribution in [0.25, 0.3) is 16.9 Å². The zero-order valence-corrected chi connectivity index (χ0v) is 17.8. The molecular formula is C22H21F2N3O2S. The third kappa shape index (κ3) is 3.45. The monoisotopic (exact) mass is 429 g/mol. The summed E-state index contributed by atoms with van der Waals surface area (Å²) >= 11 is 4.38. The van der Waals surface area contributed by atoms with E-state index in [1.54, 1.807) is 6.07 Å². The molecule has 3 heterocycles. The van der Waals surface area contributed by atoms with Crippen molar-refractivity contribution in [3.8, 4) is 11.3 Å². The van der Waals surface area contributed by atoms with Gasteiger partial charge in [0, 0.05) is 28.7 Å². The Morgan fingerprint density at radius 2 is 1.93 bits per heavy atom. The topological polar surface area (TPSA) is 63.3 Å². The first-order valence-electron chi connectivity index (χ1n) is 9.42. The molecule has 156 valence electrons. The van der Waals surface area contributed by atoms with Crippen molar-refractivity contribution >= 4 is 18.3 Å². The van der Waals surface area contributed by atoms with Crippen LogP contribution in [0.15, 0.2) is 45.6 Å². The summed E-state index contributed by atoms with van der Waals surface area (Å²) in [6.45, 7) is 8.01. The van der Waals surface area contributed by atoms with Crippen molar-refractivity contribution in [2.45, 2.75) is 38.4 Å². The van der Waals surface area contributed by atoms with Crippen LogP contribution in [0.5, 0.6) is 0 Å². The summed E-state index contributed by atoms with van der Waals surface area (Å²) in [6, 6.07) is 8.77. The Balaban J connectivity index is 1.80. The van der Waals surface area contributed by atoms with E-state index in [-0.39, 0.29) is 22.2 Å². The number of aryl methyl sites for hydroxylation is 1. The maximum Gasteiger partial charge on any atom is 0.272 e. The number of rotatable bonds is 3. The van der Waals surface area contributed by atoms with Gasteiger partial charge in [0.2, 0.25) is 0 Å². The van der Waals surface area contributed by atoms with Gasteiger partial charge in [0.15, 0.2) is 17.3 Å². The van der Waals surface area contributed by atoms with Crippen molar-refractivity contribution in [1.29, 1.82) is 0 Å². The number of H-pyrrole nitrogens is 1. The molecule has 4 aromatic rings. The lowest BCUT2D eigenvalue weighted by Gasteiger charge is -2.13. The first-order valence-corrected chi connectivity index (χ1v) is 9.94. The van der Waals surface area contributed by atoms with E-state index < -0.39 is 16.9 Å². The summed E-state index contributed by atoms with van der Waals surface area (Å²) in [4.78, 5) is 17.1. The number of thiol groups is 1. The molecule has 3 aromatic heterocycles. The molecule has 1 N–H and O–H groups in total. The van der Waals surface area contributed by atoms with E-state index in [0.29, 0.717) is 17.1 Å². The maximum atomic E-state index is 14.2. The number of nitrogens with zero attached hydrogens (tertiary/aromatic N) is 2. The van der Waals surface area contributed by atoms with Gasteiger partial charge in [0.1, 0.15) is 11.5 Å². The number of aromatic nitrogens is 3. The summed E-state index contributed by atoms with van der Waals surface area (Å²) in [5.74, 6) is -0.434. The Kier molecular flexibility index (Phi) is 4.85. The van der Waals surface area contributed by atoms with Crippen LogP contribution in [0.2, 0.25) is 0 Å². The number of nitrogens with one attached hydrogen (secondary N) is 1. The fourth-order valence-electron chi connectivity index (χ4n) is 3.30. The predicted molar refractivity (Wildman–Crippen MR) is 114 cm³/mol. The number of halogens is 2. The van der Waals surface area contributed by atoms with Crippen LogP contribution >= 0.6 is 12.6 Å². The van der Waals surface area contributed by atoms with Crippen LogP contribution in [0.3, 0.4) is 0 Å². The second-order valence-electron chi connectivity index (χ2n) is 8.26. The molecule has 0 aliphatic carbocycles. The van der Waals surface area contributed by atoms with Crippen LogP contribution in [-0.2, 0) is 5.41 Å².